The normalized spacial score (nSPS) is 19.2. The lowest BCUT2D eigenvalue weighted by Crippen LogP contribution is -2.39. The zero-order valence-corrected chi connectivity index (χ0v) is 12.2. The lowest BCUT2D eigenvalue weighted by atomic mass is 9.97. The maximum Gasteiger partial charge on any atom is 0.231 e. The van der Waals surface area contributed by atoms with Crippen molar-refractivity contribution in [1.82, 2.24) is 15.0 Å². The molecule has 0 saturated carbocycles. The van der Waals surface area contributed by atoms with Gasteiger partial charge in [-0.1, -0.05) is 11.2 Å². The molecule has 5 nitrogen and oxygen atoms in total. The Morgan fingerprint density at radius 3 is 3.20 bits per heavy atom. The third-order valence-electron chi connectivity index (χ3n) is 3.57. The molecule has 1 saturated heterocycles. The summed E-state index contributed by atoms with van der Waals surface area (Å²) >= 11 is 1.63. The van der Waals surface area contributed by atoms with Crippen molar-refractivity contribution in [3.05, 3.63) is 34.1 Å². The molecule has 1 atom stereocenters. The monoisotopic (exact) mass is 291 g/mol. The van der Waals surface area contributed by atoms with Gasteiger partial charge in [-0.25, -0.2) is 0 Å². The summed E-state index contributed by atoms with van der Waals surface area (Å²) in [6.45, 7) is 3.33. The molecule has 1 aliphatic rings. The molecule has 3 rings (SSSR count). The van der Waals surface area contributed by atoms with Crippen LogP contribution in [0.2, 0.25) is 0 Å². The van der Waals surface area contributed by atoms with Crippen molar-refractivity contribution in [3.8, 4) is 0 Å². The first-order valence-electron chi connectivity index (χ1n) is 6.83. The summed E-state index contributed by atoms with van der Waals surface area (Å²) in [5, 5.41) is 5.84. The van der Waals surface area contributed by atoms with Crippen molar-refractivity contribution >= 4 is 17.2 Å². The Kier molecular flexibility index (Phi) is 3.82. The van der Waals surface area contributed by atoms with Gasteiger partial charge in [-0.2, -0.15) is 4.98 Å². The minimum Gasteiger partial charge on any atom is -0.342 e. The molecule has 3 heterocycles. The Bertz CT molecular complexity index is 579. The van der Waals surface area contributed by atoms with E-state index in [4.69, 9.17) is 4.52 Å². The highest BCUT2D eigenvalue weighted by molar-refractivity contribution is 7.10. The van der Waals surface area contributed by atoms with Gasteiger partial charge in [0.15, 0.2) is 5.82 Å². The van der Waals surface area contributed by atoms with Gasteiger partial charge in [-0.3, -0.25) is 4.79 Å². The number of carbonyl (C=O) groups excluding carboxylic acids is 1. The van der Waals surface area contributed by atoms with E-state index in [-0.39, 0.29) is 11.8 Å². The summed E-state index contributed by atoms with van der Waals surface area (Å²) in [6, 6.07) is 3.98. The van der Waals surface area contributed by atoms with Gasteiger partial charge >= 0.3 is 0 Å². The van der Waals surface area contributed by atoms with Crippen LogP contribution in [0, 0.1) is 6.92 Å². The molecule has 0 aromatic carbocycles. The van der Waals surface area contributed by atoms with Gasteiger partial charge in [-0.15, -0.1) is 11.3 Å². The van der Waals surface area contributed by atoms with E-state index in [1.807, 2.05) is 29.3 Å². The van der Waals surface area contributed by atoms with Gasteiger partial charge in [0, 0.05) is 18.0 Å². The maximum absolute atomic E-state index is 12.3. The van der Waals surface area contributed by atoms with E-state index in [2.05, 4.69) is 10.1 Å². The fraction of sp³-hybridized carbons (Fsp3) is 0.500. The fourth-order valence-corrected chi connectivity index (χ4v) is 3.25. The Labute approximate surface area is 121 Å². The summed E-state index contributed by atoms with van der Waals surface area (Å²) in [5.74, 6) is 1.68. The number of rotatable bonds is 3. The fourth-order valence-electron chi connectivity index (χ4n) is 2.56. The van der Waals surface area contributed by atoms with Crippen LogP contribution in [-0.4, -0.2) is 34.0 Å². The van der Waals surface area contributed by atoms with Crippen molar-refractivity contribution in [2.24, 2.45) is 0 Å². The summed E-state index contributed by atoms with van der Waals surface area (Å²) in [4.78, 5) is 19.6. The van der Waals surface area contributed by atoms with Crippen molar-refractivity contribution in [3.63, 3.8) is 0 Å². The number of hydrogen-bond acceptors (Lipinski definition) is 5. The first-order chi connectivity index (χ1) is 9.72. The molecule has 1 unspecified atom stereocenters. The number of aryl methyl sites for hydroxylation is 1. The van der Waals surface area contributed by atoms with Crippen LogP contribution < -0.4 is 0 Å². The van der Waals surface area contributed by atoms with E-state index in [1.165, 1.54) is 0 Å². The van der Waals surface area contributed by atoms with Crippen LogP contribution in [0.1, 0.15) is 35.4 Å². The van der Waals surface area contributed by atoms with E-state index in [0.29, 0.717) is 24.7 Å². The third-order valence-corrected chi connectivity index (χ3v) is 4.45. The van der Waals surface area contributed by atoms with Gasteiger partial charge in [-0.05, 0) is 31.2 Å². The van der Waals surface area contributed by atoms with E-state index in [9.17, 15) is 4.79 Å². The molecule has 1 aliphatic heterocycles. The van der Waals surface area contributed by atoms with Crippen LogP contribution in [0.5, 0.6) is 0 Å². The van der Waals surface area contributed by atoms with E-state index < -0.39 is 0 Å². The molecule has 0 N–H and O–H groups in total. The minimum absolute atomic E-state index is 0.178. The molecule has 2 aromatic rings. The van der Waals surface area contributed by atoms with Crippen LogP contribution in [0.3, 0.4) is 0 Å². The third kappa shape index (κ3) is 2.90. The van der Waals surface area contributed by atoms with E-state index in [1.54, 1.807) is 11.3 Å². The van der Waals surface area contributed by atoms with Gasteiger partial charge in [0.1, 0.15) is 0 Å². The number of thiophene rings is 1. The highest BCUT2D eigenvalue weighted by Crippen LogP contribution is 2.26. The molecule has 1 amide bonds. The maximum atomic E-state index is 12.3. The van der Waals surface area contributed by atoms with Crippen molar-refractivity contribution < 1.29 is 9.32 Å². The Morgan fingerprint density at radius 1 is 1.60 bits per heavy atom. The van der Waals surface area contributed by atoms with Crippen LogP contribution >= 0.6 is 11.3 Å². The first-order valence-corrected chi connectivity index (χ1v) is 7.70. The smallest absolute Gasteiger partial charge is 0.231 e. The van der Waals surface area contributed by atoms with Crippen LogP contribution in [-0.2, 0) is 11.2 Å². The number of piperidine rings is 1. The highest BCUT2D eigenvalue weighted by Gasteiger charge is 2.28. The van der Waals surface area contributed by atoms with E-state index >= 15 is 0 Å². The molecular weight excluding hydrogens is 274 g/mol. The average molecular weight is 291 g/mol. The SMILES string of the molecule is Cc1noc(C2CCCN(C(=O)Cc3cccs3)C2)n1. The molecule has 0 spiro atoms. The predicted octanol–water partition coefficient (Wildman–Crippen LogP) is 2.39. The largest absolute Gasteiger partial charge is 0.342 e. The van der Waals surface area contributed by atoms with Gasteiger partial charge in [0.05, 0.1) is 12.3 Å². The van der Waals surface area contributed by atoms with Crippen molar-refractivity contribution in [2.45, 2.75) is 32.1 Å². The van der Waals surface area contributed by atoms with E-state index in [0.717, 1.165) is 24.3 Å². The molecule has 6 heteroatoms. The Morgan fingerprint density at radius 2 is 2.50 bits per heavy atom. The molecule has 0 bridgehead atoms. The topological polar surface area (TPSA) is 59.2 Å². The quantitative estimate of drug-likeness (QED) is 0.871. The molecular formula is C14H17N3O2S. The van der Waals surface area contributed by atoms with Crippen molar-refractivity contribution in [2.75, 3.05) is 13.1 Å². The number of aromatic nitrogens is 2. The number of hydrogen-bond donors (Lipinski definition) is 0. The zero-order valence-electron chi connectivity index (χ0n) is 11.4. The summed E-state index contributed by atoms with van der Waals surface area (Å²) in [5.41, 5.74) is 0. The summed E-state index contributed by atoms with van der Waals surface area (Å²) in [7, 11) is 0. The first kappa shape index (κ1) is 13.3. The zero-order chi connectivity index (χ0) is 13.9. The lowest BCUT2D eigenvalue weighted by molar-refractivity contribution is -0.131. The second kappa shape index (κ2) is 5.75. The van der Waals surface area contributed by atoms with Crippen LogP contribution in [0.4, 0.5) is 0 Å². The second-order valence-electron chi connectivity index (χ2n) is 5.11. The molecule has 0 radical (unpaired) electrons. The molecule has 0 aliphatic carbocycles. The molecule has 20 heavy (non-hydrogen) atoms. The molecule has 106 valence electrons. The Hall–Kier alpha value is -1.69. The van der Waals surface area contributed by atoms with Gasteiger partial charge in [0.2, 0.25) is 11.8 Å². The lowest BCUT2D eigenvalue weighted by Gasteiger charge is -2.31. The number of nitrogens with zero attached hydrogens (tertiary/aromatic N) is 3. The standard InChI is InChI=1S/C14H17N3O2S/c1-10-15-14(19-16-10)11-4-2-6-17(9-11)13(18)8-12-5-3-7-20-12/h3,5,7,11H,2,4,6,8-9H2,1H3. The van der Waals surface area contributed by atoms with Crippen LogP contribution in [0.15, 0.2) is 22.0 Å². The van der Waals surface area contributed by atoms with Crippen molar-refractivity contribution in [1.29, 1.82) is 0 Å². The minimum atomic E-state index is 0.178. The number of amides is 1. The number of carbonyl (C=O) groups is 1. The predicted molar refractivity (Wildman–Crippen MR) is 75.6 cm³/mol. The number of likely N-dealkylation sites (tertiary alicyclic amines) is 1. The second-order valence-corrected chi connectivity index (χ2v) is 6.15. The highest BCUT2D eigenvalue weighted by atomic mass is 32.1. The van der Waals surface area contributed by atoms with Crippen LogP contribution in [0.25, 0.3) is 0 Å². The Balaban J connectivity index is 1.64. The molecule has 1 fully saturated rings. The molecule has 2 aromatic heterocycles. The van der Waals surface area contributed by atoms with Gasteiger partial charge < -0.3 is 9.42 Å². The van der Waals surface area contributed by atoms with Gasteiger partial charge in [0.25, 0.3) is 0 Å². The average Bonchev–Trinajstić information content (AvgIpc) is 3.10. The summed E-state index contributed by atoms with van der Waals surface area (Å²) < 4.78 is 5.24. The summed E-state index contributed by atoms with van der Waals surface area (Å²) in [6.07, 6.45) is 2.49.